The van der Waals surface area contributed by atoms with Gasteiger partial charge in [-0.1, -0.05) is 56.0 Å². The van der Waals surface area contributed by atoms with E-state index < -0.39 is 8.07 Å². The summed E-state index contributed by atoms with van der Waals surface area (Å²) in [6.07, 6.45) is 4.09. The van der Waals surface area contributed by atoms with E-state index in [2.05, 4.69) is 55.7 Å². The Kier molecular flexibility index (Phi) is 4.28. The third kappa shape index (κ3) is 3.69. The summed E-state index contributed by atoms with van der Waals surface area (Å²) in [5.41, 5.74) is 1.48. The van der Waals surface area contributed by atoms with E-state index in [-0.39, 0.29) is 0 Å². The summed E-state index contributed by atoms with van der Waals surface area (Å²) in [6.45, 7) is 11.9. The summed E-state index contributed by atoms with van der Waals surface area (Å²) in [4.78, 5) is 2.66. The Labute approximate surface area is 113 Å². The minimum absolute atomic E-state index is 0.876. The maximum atomic E-state index is 2.66. The summed E-state index contributed by atoms with van der Waals surface area (Å²) in [5.74, 6) is 0. The van der Waals surface area contributed by atoms with Crippen molar-refractivity contribution in [1.29, 1.82) is 0 Å². The number of benzene rings is 1. The maximum Gasteiger partial charge on any atom is 0.0775 e. The van der Waals surface area contributed by atoms with Crippen molar-refractivity contribution in [2.24, 2.45) is 0 Å². The molecule has 0 saturated heterocycles. The zero-order valence-corrected chi connectivity index (χ0v) is 13.4. The van der Waals surface area contributed by atoms with Crippen molar-refractivity contribution in [3.05, 3.63) is 29.8 Å². The molecule has 1 saturated carbocycles. The van der Waals surface area contributed by atoms with E-state index in [0.29, 0.717) is 0 Å². The predicted octanol–water partition coefficient (Wildman–Crippen LogP) is 3.61. The first-order chi connectivity index (χ1) is 8.50. The van der Waals surface area contributed by atoms with Gasteiger partial charge in [0.1, 0.15) is 0 Å². The van der Waals surface area contributed by atoms with E-state index >= 15 is 0 Å². The quantitative estimate of drug-likeness (QED) is 0.707. The molecule has 18 heavy (non-hydrogen) atoms. The highest BCUT2D eigenvalue weighted by molar-refractivity contribution is 6.88. The molecule has 0 radical (unpaired) electrons. The van der Waals surface area contributed by atoms with Crippen LogP contribution in [0.2, 0.25) is 19.6 Å². The second-order valence-electron chi connectivity index (χ2n) is 6.65. The number of hydrogen-bond donors (Lipinski definition) is 0. The Morgan fingerprint density at radius 3 is 2.17 bits per heavy atom. The van der Waals surface area contributed by atoms with Crippen LogP contribution in [0.1, 0.15) is 31.7 Å². The fraction of sp³-hybridized carbons (Fsp3) is 0.625. The monoisotopic (exact) mass is 261 g/mol. The molecule has 1 aliphatic rings. The van der Waals surface area contributed by atoms with Gasteiger partial charge in [-0.05, 0) is 31.4 Å². The van der Waals surface area contributed by atoms with E-state index in [1.807, 2.05) is 0 Å². The summed E-state index contributed by atoms with van der Waals surface area (Å²) in [6, 6.07) is 10.3. The molecule has 1 aromatic rings. The van der Waals surface area contributed by atoms with Crippen LogP contribution in [0.3, 0.4) is 0 Å². The topological polar surface area (TPSA) is 3.24 Å². The molecule has 0 aromatic heterocycles. The SMILES string of the molecule is CCCN(Cc1ccc([Si](C)(C)C)cc1)C1CC1. The van der Waals surface area contributed by atoms with Gasteiger partial charge in [0.15, 0.2) is 0 Å². The van der Waals surface area contributed by atoms with Crippen LogP contribution in [0.5, 0.6) is 0 Å². The van der Waals surface area contributed by atoms with Crippen LogP contribution in [-0.4, -0.2) is 25.6 Å². The Hall–Kier alpha value is -0.603. The normalized spacial score (nSPS) is 16.3. The molecule has 0 amide bonds. The van der Waals surface area contributed by atoms with Crippen molar-refractivity contribution in [2.45, 2.75) is 58.4 Å². The maximum absolute atomic E-state index is 2.66. The van der Waals surface area contributed by atoms with Gasteiger partial charge in [-0.2, -0.15) is 0 Å². The molecular formula is C16H27NSi. The van der Waals surface area contributed by atoms with E-state index in [1.165, 1.54) is 31.4 Å². The van der Waals surface area contributed by atoms with Gasteiger partial charge < -0.3 is 0 Å². The first kappa shape index (κ1) is 13.8. The third-order valence-electron chi connectivity index (χ3n) is 3.78. The predicted molar refractivity (Wildman–Crippen MR) is 83.1 cm³/mol. The average Bonchev–Trinajstić information content (AvgIpc) is 3.12. The Bertz CT molecular complexity index is 373. The van der Waals surface area contributed by atoms with Crippen molar-refractivity contribution < 1.29 is 0 Å². The van der Waals surface area contributed by atoms with Crippen LogP contribution in [-0.2, 0) is 6.54 Å². The molecule has 0 heterocycles. The second-order valence-corrected chi connectivity index (χ2v) is 11.7. The first-order valence-corrected chi connectivity index (χ1v) is 10.8. The van der Waals surface area contributed by atoms with Gasteiger partial charge in [0.05, 0.1) is 8.07 Å². The molecule has 2 heteroatoms. The summed E-state index contributed by atoms with van der Waals surface area (Å²) < 4.78 is 0. The van der Waals surface area contributed by atoms with Crippen LogP contribution < -0.4 is 5.19 Å². The Morgan fingerprint density at radius 1 is 1.11 bits per heavy atom. The zero-order chi connectivity index (χ0) is 13.2. The molecule has 0 atom stereocenters. The largest absolute Gasteiger partial charge is 0.296 e. The van der Waals surface area contributed by atoms with Crippen LogP contribution in [0.4, 0.5) is 0 Å². The minimum Gasteiger partial charge on any atom is -0.296 e. The zero-order valence-electron chi connectivity index (χ0n) is 12.4. The molecule has 1 fully saturated rings. The first-order valence-electron chi connectivity index (χ1n) is 7.34. The van der Waals surface area contributed by atoms with Gasteiger partial charge in [0.2, 0.25) is 0 Å². The number of hydrogen-bond acceptors (Lipinski definition) is 1. The van der Waals surface area contributed by atoms with E-state index in [0.717, 1.165) is 12.6 Å². The highest BCUT2D eigenvalue weighted by Crippen LogP contribution is 2.28. The molecular weight excluding hydrogens is 234 g/mol. The lowest BCUT2D eigenvalue weighted by atomic mass is 10.2. The molecule has 0 bridgehead atoms. The molecule has 0 N–H and O–H groups in total. The number of nitrogens with zero attached hydrogens (tertiary/aromatic N) is 1. The standard InChI is InChI=1S/C16H27NSi/c1-5-12-17(15-8-9-15)13-14-6-10-16(11-7-14)18(2,3)4/h6-7,10-11,15H,5,8-9,12-13H2,1-4H3. The van der Waals surface area contributed by atoms with Gasteiger partial charge in [-0.15, -0.1) is 0 Å². The van der Waals surface area contributed by atoms with Gasteiger partial charge >= 0.3 is 0 Å². The molecule has 100 valence electrons. The summed E-state index contributed by atoms with van der Waals surface area (Å²) >= 11 is 0. The molecule has 0 aliphatic heterocycles. The molecule has 0 unspecified atom stereocenters. The van der Waals surface area contributed by atoms with Gasteiger partial charge in [0.25, 0.3) is 0 Å². The molecule has 1 aromatic carbocycles. The lowest BCUT2D eigenvalue weighted by molar-refractivity contribution is 0.255. The molecule has 2 rings (SSSR count). The van der Waals surface area contributed by atoms with E-state index in [1.54, 1.807) is 5.19 Å². The van der Waals surface area contributed by atoms with E-state index in [9.17, 15) is 0 Å². The lowest BCUT2D eigenvalue weighted by Gasteiger charge is -2.22. The minimum atomic E-state index is -1.13. The highest BCUT2D eigenvalue weighted by Gasteiger charge is 2.28. The van der Waals surface area contributed by atoms with Crippen LogP contribution in [0, 0.1) is 0 Å². The Morgan fingerprint density at radius 2 is 1.72 bits per heavy atom. The summed E-state index contributed by atoms with van der Waals surface area (Å²) in [7, 11) is -1.13. The fourth-order valence-electron chi connectivity index (χ4n) is 2.46. The second kappa shape index (κ2) is 5.58. The fourth-order valence-corrected chi connectivity index (χ4v) is 3.63. The number of rotatable bonds is 6. The smallest absolute Gasteiger partial charge is 0.0775 e. The van der Waals surface area contributed by atoms with Crippen LogP contribution in [0.15, 0.2) is 24.3 Å². The van der Waals surface area contributed by atoms with Crippen LogP contribution >= 0.6 is 0 Å². The van der Waals surface area contributed by atoms with Crippen LogP contribution in [0.25, 0.3) is 0 Å². The third-order valence-corrected chi connectivity index (χ3v) is 5.85. The molecule has 0 spiro atoms. The van der Waals surface area contributed by atoms with Gasteiger partial charge in [0, 0.05) is 12.6 Å². The molecule has 1 aliphatic carbocycles. The molecule has 1 nitrogen and oxygen atoms in total. The highest BCUT2D eigenvalue weighted by atomic mass is 28.3. The summed E-state index contributed by atoms with van der Waals surface area (Å²) in [5, 5.41) is 1.57. The van der Waals surface area contributed by atoms with E-state index in [4.69, 9.17) is 0 Å². The van der Waals surface area contributed by atoms with Crippen molar-refractivity contribution in [3.63, 3.8) is 0 Å². The Balaban J connectivity index is 2.00. The van der Waals surface area contributed by atoms with Gasteiger partial charge in [-0.25, -0.2) is 0 Å². The van der Waals surface area contributed by atoms with Gasteiger partial charge in [-0.3, -0.25) is 4.90 Å². The van der Waals surface area contributed by atoms with Crippen molar-refractivity contribution in [1.82, 2.24) is 4.90 Å². The average molecular weight is 261 g/mol. The van der Waals surface area contributed by atoms with Crippen molar-refractivity contribution in [2.75, 3.05) is 6.54 Å². The van der Waals surface area contributed by atoms with Crippen molar-refractivity contribution in [3.8, 4) is 0 Å². The van der Waals surface area contributed by atoms with Crippen molar-refractivity contribution >= 4 is 13.3 Å². The lowest BCUT2D eigenvalue weighted by Crippen LogP contribution is -2.37.